The zero-order valence-corrected chi connectivity index (χ0v) is 19.2. The van der Waals surface area contributed by atoms with Gasteiger partial charge in [-0.15, -0.1) is 0 Å². The van der Waals surface area contributed by atoms with Crippen LogP contribution in [0.3, 0.4) is 0 Å². The van der Waals surface area contributed by atoms with Crippen molar-refractivity contribution in [3.05, 3.63) is 47.4 Å². The Labute approximate surface area is 186 Å². The molecule has 0 N–H and O–H groups in total. The molecule has 0 bridgehead atoms. The standard InChI is InChI=1S/C26H35FN4/c1-4-29-17-26(18-29)8-7-23(15-26)30-9-11-31(12-10-30)25-24(14-22(27)16-28-25)21-6-5-19(2)20(3)13-21/h5-6,13-14,16,23H,4,7-12,15,17-18H2,1-3H3. The molecule has 1 spiro atoms. The number of aromatic nitrogens is 1. The molecular weight excluding hydrogens is 387 g/mol. The van der Waals surface area contributed by atoms with Crippen LogP contribution in [0.1, 0.15) is 37.3 Å². The Balaban J connectivity index is 1.27. The van der Waals surface area contributed by atoms with E-state index in [4.69, 9.17) is 0 Å². The lowest BCUT2D eigenvalue weighted by molar-refractivity contribution is 0.00366. The molecule has 1 unspecified atom stereocenters. The molecule has 166 valence electrons. The number of hydrogen-bond acceptors (Lipinski definition) is 4. The summed E-state index contributed by atoms with van der Waals surface area (Å²) in [5.74, 6) is 0.651. The highest BCUT2D eigenvalue weighted by Crippen LogP contribution is 2.47. The van der Waals surface area contributed by atoms with E-state index in [1.54, 1.807) is 6.07 Å². The van der Waals surface area contributed by atoms with Gasteiger partial charge in [-0.2, -0.15) is 0 Å². The summed E-state index contributed by atoms with van der Waals surface area (Å²) in [6.45, 7) is 14.4. The fraction of sp³-hybridized carbons (Fsp3) is 0.577. The molecule has 1 atom stereocenters. The van der Waals surface area contributed by atoms with E-state index in [0.717, 1.165) is 49.2 Å². The lowest BCUT2D eigenvalue weighted by atomic mass is 9.78. The van der Waals surface area contributed by atoms with Gasteiger partial charge in [0.15, 0.2) is 0 Å². The first-order valence-electron chi connectivity index (χ1n) is 11.9. The quantitative estimate of drug-likeness (QED) is 0.723. The molecule has 5 heteroatoms. The number of hydrogen-bond donors (Lipinski definition) is 0. The number of pyridine rings is 1. The lowest BCUT2D eigenvalue weighted by Gasteiger charge is -2.49. The van der Waals surface area contributed by atoms with E-state index in [1.807, 2.05) is 0 Å². The van der Waals surface area contributed by atoms with Gasteiger partial charge in [0, 0.05) is 50.9 Å². The van der Waals surface area contributed by atoms with Gasteiger partial charge < -0.3 is 9.80 Å². The largest absolute Gasteiger partial charge is 0.354 e. The summed E-state index contributed by atoms with van der Waals surface area (Å²) in [5.41, 5.74) is 5.05. The number of halogens is 1. The first kappa shape index (κ1) is 20.9. The van der Waals surface area contributed by atoms with E-state index in [2.05, 4.69) is 58.7 Å². The zero-order chi connectivity index (χ0) is 21.6. The van der Waals surface area contributed by atoms with E-state index in [1.165, 1.54) is 56.2 Å². The number of likely N-dealkylation sites (tertiary alicyclic amines) is 1. The number of piperazine rings is 1. The Morgan fingerprint density at radius 2 is 1.84 bits per heavy atom. The van der Waals surface area contributed by atoms with Crippen molar-refractivity contribution in [3.63, 3.8) is 0 Å². The van der Waals surface area contributed by atoms with Gasteiger partial charge in [-0.3, -0.25) is 4.90 Å². The Bertz CT molecular complexity index is 944. The molecule has 2 saturated heterocycles. The van der Waals surface area contributed by atoms with E-state index < -0.39 is 0 Å². The molecular formula is C26H35FN4. The van der Waals surface area contributed by atoms with Crippen molar-refractivity contribution in [3.8, 4) is 11.1 Å². The number of anilines is 1. The Morgan fingerprint density at radius 3 is 2.55 bits per heavy atom. The van der Waals surface area contributed by atoms with Crippen molar-refractivity contribution in [2.45, 2.75) is 46.1 Å². The molecule has 4 nitrogen and oxygen atoms in total. The predicted molar refractivity (Wildman–Crippen MR) is 125 cm³/mol. The number of nitrogens with zero attached hydrogens (tertiary/aromatic N) is 4. The topological polar surface area (TPSA) is 22.6 Å². The first-order chi connectivity index (χ1) is 15.0. The fourth-order valence-electron chi connectivity index (χ4n) is 6.01. The third-order valence-corrected chi connectivity index (χ3v) is 8.02. The van der Waals surface area contributed by atoms with Crippen LogP contribution in [-0.4, -0.2) is 66.6 Å². The predicted octanol–water partition coefficient (Wildman–Crippen LogP) is 4.50. The Kier molecular flexibility index (Phi) is 5.51. The highest BCUT2D eigenvalue weighted by atomic mass is 19.1. The summed E-state index contributed by atoms with van der Waals surface area (Å²) < 4.78 is 14.1. The molecule has 1 saturated carbocycles. The fourth-order valence-corrected chi connectivity index (χ4v) is 6.01. The summed E-state index contributed by atoms with van der Waals surface area (Å²) in [6.07, 6.45) is 5.47. The van der Waals surface area contributed by atoms with Crippen LogP contribution in [0, 0.1) is 25.1 Å². The lowest BCUT2D eigenvalue weighted by Crippen LogP contribution is -2.56. The molecule has 1 aromatic carbocycles. The molecule has 3 fully saturated rings. The van der Waals surface area contributed by atoms with Crippen molar-refractivity contribution in [2.75, 3.05) is 50.7 Å². The van der Waals surface area contributed by atoms with Crippen LogP contribution in [0.5, 0.6) is 0 Å². The van der Waals surface area contributed by atoms with E-state index in [0.29, 0.717) is 5.41 Å². The van der Waals surface area contributed by atoms with Crippen molar-refractivity contribution >= 4 is 5.82 Å². The number of rotatable bonds is 4. The molecule has 3 heterocycles. The average molecular weight is 423 g/mol. The maximum absolute atomic E-state index is 14.1. The van der Waals surface area contributed by atoms with Gasteiger partial charge in [0.1, 0.15) is 11.6 Å². The van der Waals surface area contributed by atoms with Gasteiger partial charge in [0.25, 0.3) is 0 Å². The SMILES string of the molecule is CCN1CC2(CCC(N3CCN(c4ncc(F)cc4-c4ccc(C)c(C)c4)CC3)C2)C1. The van der Waals surface area contributed by atoms with Crippen molar-refractivity contribution < 1.29 is 4.39 Å². The van der Waals surface area contributed by atoms with Crippen LogP contribution in [0.4, 0.5) is 10.2 Å². The van der Waals surface area contributed by atoms with Crippen LogP contribution in [0.2, 0.25) is 0 Å². The third kappa shape index (κ3) is 3.98. The summed E-state index contributed by atoms with van der Waals surface area (Å²) in [4.78, 5) is 12.2. The Morgan fingerprint density at radius 1 is 1.06 bits per heavy atom. The first-order valence-corrected chi connectivity index (χ1v) is 11.9. The monoisotopic (exact) mass is 422 g/mol. The maximum Gasteiger partial charge on any atom is 0.142 e. The normalized spacial score (nSPS) is 24.0. The van der Waals surface area contributed by atoms with Crippen LogP contribution < -0.4 is 4.90 Å². The van der Waals surface area contributed by atoms with Gasteiger partial charge in [0.2, 0.25) is 0 Å². The molecule has 0 radical (unpaired) electrons. The third-order valence-electron chi connectivity index (χ3n) is 8.02. The Hall–Kier alpha value is -1.98. The van der Waals surface area contributed by atoms with Crippen LogP contribution in [0.25, 0.3) is 11.1 Å². The molecule has 2 aromatic rings. The highest BCUT2D eigenvalue weighted by molar-refractivity contribution is 5.76. The molecule has 5 rings (SSSR count). The van der Waals surface area contributed by atoms with Gasteiger partial charge >= 0.3 is 0 Å². The summed E-state index contributed by atoms with van der Waals surface area (Å²) in [7, 11) is 0. The summed E-state index contributed by atoms with van der Waals surface area (Å²) >= 11 is 0. The van der Waals surface area contributed by atoms with E-state index in [9.17, 15) is 4.39 Å². The maximum atomic E-state index is 14.1. The van der Waals surface area contributed by atoms with Crippen LogP contribution in [0.15, 0.2) is 30.5 Å². The highest BCUT2D eigenvalue weighted by Gasteiger charge is 2.48. The van der Waals surface area contributed by atoms with Crippen LogP contribution in [-0.2, 0) is 0 Å². The number of benzene rings is 1. The zero-order valence-electron chi connectivity index (χ0n) is 19.2. The van der Waals surface area contributed by atoms with Crippen molar-refractivity contribution in [2.24, 2.45) is 5.41 Å². The minimum absolute atomic E-state index is 0.270. The summed E-state index contributed by atoms with van der Waals surface area (Å²) in [6, 6.07) is 8.75. The van der Waals surface area contributed by atoms with Gasteiger partial charge in [-0.1, -0.05) is 25.1 Å². The second-order valence-electron chi connectivity index (χ2n) is 10.0. The smallest absolute Gasteiger partial charge is 0.142 e. The minimum atomic E-state index is -0.270. The van der Waals surface area contributed by atoms with Gasteiger partial charge in [0.05, 0.1) is 6.20 Å². The van der Waals surface area contributed by atoms with Crippen LogP contribution >= 0.6 is 0 Å². The molecule has 3 aliphatic rings. The second kappa shape index (κ2) is 8.18. The molecule has 1 aliphatic carbocycles. The molecule has 31 heavy (non-hydrogen) atoms. The van der Waals surface area contributed by atoms with Crippen molar-refractivity contribution in [1.82, 2.24) is 14.8 Å². The minimum Gasteiger partial charge on any atom is -0.354 e. The second-order valence-corrected chi connectivity index (χ2v) is 10.0. The average Bonchev–Trinajstić information content (AvgIpc) is 3.20. The van der Waals surface area contributed by atoms with E-state index >= 15 is 0 Å². The molecule has 2 aliphatic heterocycles. The van der Waals surface area contributed by atoms with Gasteiger partial charge in [-0.25, -0.2) is 9.37 Å². The van der Waals surface area contributed by atoms with Crippen molar-refractivity contribution in [1.29, 1.82) is 0 Å². The molecule has 1 aromatic heterocycles. The number of aryl methyl sites for hydroxylation is 2. The molecule has 0 amide bonds. The summed E-state index contributed by atoms with van der Waals surface area (Å²) in [5, 5.41) is 0. The van der Waals surface area contributed by atoms with Gasteiger partial charge in [-0.05, 0) is 67.8 Å². The van der Waals surface area contributed by atoms with E-state index in [-0.39, 0.29) is 5.82 Å².